The highest BCUT2D eigenvalue weighted by Gasteiger charge is 2.16. The van der Waals surface area contributed by atoms with Crippen LogP contribution in [-0.2, 0) is 0 Å². The molecule has 0 aromatic rings. The highest BCUT2D eigenvalue weighted by atomic mass is 16.6. The van der Waals surface area contributed by atoms with Crippen molar-refractivity contribution in [3.8, 4) is 6.07 Å². The van der Waals surface area contributed by atoms with Gasteiger partial charge in [-0.2, -0.15) is 5.26 Å². The molecule has 0 heterocycles. The molecule has 0 aliphatic heterocycles. The molecule has 5 heteroatoms. The summed E-state index contributed by atoms with van der Waals surface area (Å²) in [6.45, 7) is 15.7. The lowest BCUT2D eigenvalue weighted by atomic mass is 10.3. The molecule has 0 atom stereocenters. The van der Waals surface area contributed by atoms with Gasteiger partial charge in [0.1, 0.15) is 0 Å². The molecule has 0 amide bonds. The van der Waals surface area contributed by atoms with E-state index in [9.17, 15) is 0 Å². The molecule has 0 N–H and O–H groups in total. The second-order valence-electron chi connectivity index (χ2n) is 2.90. The minimum Gasteiger partial charge on any atom is -0.444 e. The highest BCUT2D eigenvalue weighted by Crippen LogP contribution is 2.03. The van der Waals surface area contributed by atoms with Crippen molar-refractivity contribution >= 4 is 0 Å². The van der Waals surface area contributed by atoms with Gasteiger partial charge in [0.15, 0.2) is 0 Å². The lowest BCUT2D eigenvalue weighted by Gasteiger charge is -2.34. The Hall–Kier alpha value is -1.15. The fourth-order valence-corrected chi connectivity index (χ4v) is 1.34. The van der Waals surface area contributed by atoms with Crippen LogP contribution in [0.2, 0.25) is 0 Å². The summed E-state index contributed by atoms with van der Waals surface area (Å²) < 4.78 is 1.28. The molecule has 0 unspecified atom stereocenters. The molecule has 90 valence electrons. The summed E-state index contributed by atoms with van der Waals surface area (Å²) >= 11 is 0. The minimum absolute atomic E-state index is 1.00. The van der Waals surface area contributed by atoms with Crippen molar-refractivity contribution in [1.82, 2.24) is 0 Å². The maximum Gasteiger partial charge on any atom is 0.0757 e. The molecule has 0 rings (SSSR count). The molecule has 0 aromatic carbocycles. The SMILES string of the molecule is CC#N.CC[N+](CC)(CC)CC.O=N[O-]. The van der Waals surface area contributed by atoms with Crippen molar-refractivity contribution in [2.24, 2.45) is 5.34 Å². The van der Waals surface area contributed by atoms with Crippen molar-refractivity contribution in [2.75, 3.05) is 26.2 Å². The number of quaternary nitrogens is 1. The molecule has 15 heavy (non-hydrogen) atoms. The first-order chi connectivity index (χ1) is 7.07. The summed E-state index contributed by atoms with van der Waals surface area (Å²) in [7, 11) is 0. The van der Waals surface area contributed by atoms with Crippen LogP contribution in [0.5, 0.6) is 0 Å². The summed E-state index contributed by atoms with van der Waals surface area (Å²) in [5.41, 5.74) is 0. The van der Waals surface area contributed by atoms with Gasteiger partial charge >= 0.3 is 0 Å². The van der Waals surface area contributed by atoms with E-state index in [-0.39, 0.29) is 0 Å². The third-order valence-corrected chi connectivity index (χ3v) is 2.68. The quantitative estimate of drug-likeness (QED) is 0.412. The molecule has 0 spiro atoms. The van der Waals surface area contributed by atoms with E-state index in [0.717, 1.165) is 5.34 Å². The zero-order chi connectivity index (χ0) is 12.7. The number of hydrogen-bond donors (Lipinski definition) is 0. The van der Waals surface area contributed by atoms with E-state index in [0.29, 0.717) is 0 Å². The van der Waals surface area contributed by atoms with Crippen LogP contribution in [0.25, 0.3) is 0 Å². The first-order valence-corrected chi connectivity index (χ1v) is 5.18. The monoisotopic (exact) mass is 217 g/mol. The molecule has 0 radical (unpaired) electrons. The second kappa shape index (κ2) is 15.3. The topological polar surface area (TPSA) is 76.3 Å². The molecule has 0 bridgehead atoms. The van der Waals surface area contributed by atoms with Gasteiger partial charge in [-0.25, -0.2) is 0 Å². The lowest BCUT2D eigenvalue weighted by Crippen LogP contribution is -2.47. The Balaban J connectivity index is -0.000000200. The van der Waals surface area contributed by atoms with Crippen molar-refractivity contribution in [2.45, 2.75) is 34.6 Å². The van der Waals surface area contributed by atoms with Gasteiger partial charge < -0.3 is 14.6 Å². The van der Waals surface area contributed by atoms with Crippen LogP contribution in [0.4, 0.5) is 0 Å². The van der Waals surface area contributed by atoms with Gasteiger partial charge in [0, 0.05) is 6.92 Å². The number of nitriles is 1. The Bertz CT molecular complexity index is 145. The van der Waals surface area contributed by atoms with Gasteiger partial charge in [-0.05, 0) is 27.7 Å². The van der Waals surface area contributed by atoms with Gasteiger partial charge in [0.2, 0.25) is 0 Å². The average Bonchev–Trinajstić information content (AvgIpc) is 2.24. The normalized spacial score (nSPS) is 8.53. The zero-order valence-electron chi connectivity index (χ0n) is 10.5. The Kier molecular flexibility index (Phi) is 19.9. The van der Waals surface area contributed by atoms with E-state index in [1.54, 1.807) is 6.07 Å². The Morgan fingerprint density at radius 2 is 1.27 bits per heavy atom. The summed E-state index contributed by atoms with van der Waals surface area (Å²) in [5.74, 6) is 0. The van der Waals surface area contributed by atoms with Crippen LogP contribution >= 0.6 is 0 Å². The molecular formula is C10H23N3O2. The highest BCUT2D eigenvalue weighted by molar-refractivity contribution is 4.51. The van der Waals surface area contributed by atoms with Gasteiger partial charge in [0.25, 0.3) is 0 Å². The summed E-state index contributed by atoms with van der Waals surface area (Å²) in [6.07, 6.45) is 0. The van der Waals surface area contributed by atoms with Crippen LogP contribution in [0.15, 0.2) is 5.34 Å². The maximum atomic E-state index is 8.00. The van der Waals surface area contributed by atoms with Crippen LogP contribution in [0.3, 0.4) is 0 Å². The summed E-state index contributed by atoms with van der Waals surface area (Å²) in [4.78, 5) is 8.00. The third-order valence-electron chi connectivity index (χ3n) is 2.68. The molecule has 0 aromatic heterocycles. The summed E-state index contributed by atoms with van der Waals surface area (Å²) in [5, 5.41) is 16.3. The van der Waals surface area contributed by atoms with E-state index < -0.39 is 0 Å². The smallest absolute Gasteiger partial charge is 0.0757 e. The number of rotatable bonds is 4. The maximum absolute atomic E-state index is 8.00. The zero-order valence-corrected chi connectivity index (χ0v) is 10.5. The van der Waals surface area contributed by atoms with Crippen molar-refractivity contribution < 1.29 is 4.48 Å². The van der Waals surface area contributed by atoms with E-state index >= 15 is 0 Å². The van der Waals surface area contributed by atoms with E-state index in [2.05, 4.69) is 27.7 Å². The first-order valence-electron chi connectivity index (χ1n) is 5.18. The van der Waals surface area contributed by atoms with Crippen LogP contribution in [0.1, 0.15) is 34.6 Å². The molecule has 0 saturated heterocycles. The van der Waals surface area contributed by atoms with Crippen LogP contribution in [-0.4, -0.2) is 30.7 Å². The fraction of sp³-hybridized carbons (Fsp3) is 0.900. The largest absolute Gasteiger partial charge is 0.444 e. The molecule has 0 aliphatic carbocycles. The van der Waals surface area contributed by atoms with E-state index in [4.69, 9.17) is 15.4 Å². The predicted octanol–water partition coefficient (Wildman–Crippen LogP) is 2.66. The number of hydrogen-bond acceptors (Lipinski definition) is 4. The van der Waals surface area contributed by atoms with E-state index in [1.807, 2.05) is 0 Å². The average molecular weight is 217 g/mol. The Labute approximate surface area is 92.8 Å². The van der Waals surface area contributed by atoms with Crippen LogP contribution in [0, 0.1) is 21.4 Å². The van der Waals surface area contributed by atoms with Gasteiger partial charge in [-0.3, -0.25) is 0 Å². The standard InChI is InChI=1S/C8H20N.C2H3N.HNO2/c1-5-9(6-2,7-3)8-4;1-2-3;2-1-3/h5-8H2,1-4H3;1H3;(H,2,3)/q+1;;/p-1. The molecule has 0 saturated carbocycles. The van der Waals surface area contributed by atoms with Crippen molar-refractivity contribution in [3.05, 3.63) is 10.1 Å². The van der Waals surface area contributed by atoms with Gasteiger partial charge in [-0.1, -0.05) is 0 Å². The Morgan fingerprint density at radius 1 is 1.13 bits per heavy atom. The Morgan fingerprint density at radius 3 is 1.27 bits per heavy atom. The molecular weight excluding hydrogens is 194 g/mol. The third kappa shape index (κ3) is 12.8. The van der Waals surface area contributed by atoms with Crippen molar-refractivity contribution in [3.63, 3.8) is 0 Å². The lowest BCUT2D eigenvalue weighted by molar-refractivity contribution is -0.921. The number of nitrogens with zero attached hydrogens (tertiary/aromatic N) is 3. The summed E-state index contributed by atoms with van der Waals surface area (Å²) in [6, 6.07) is 1.75. The van der Waals surface area contributed by atoms with Crippen LogP contribution < -0.4 is 0 Å². The first kappa shape index (κ1) is 19.4. The molecule has 0 fully saturated rings. The molecule has 5 nitrogen and oxygen atoms in total. The van der Waals surface area contributed by atoms with Gasteiger partial charge in [0.05, 0.1) is 32.2 Å². The molecule has 0 aliphatic rings. The van der Waals surface area contributed by atoms with Gasteiger partial charge in [-0.15, -0.1) is 5.34 Å². The predicted molar refractivity (Wildman–Crippen MR) is 62.9 cm³/mol. The second-order valence-corrected chi connectivity index (χ2v) is 2.90. The minimum atomic E-state index is 1.00. The fourth-order valence-electron chi connectivity index (χ4n) is 1.34. The van der Waals surface area contributed by atoms with Crippen molar-refractivity contribution in [1.29, 1.82) is 5.26 Å². The van der Waals surface area contributed by atoms with E-state index in [1.165, 1.54) is 37.6 Å².